The Bertz CT molecular complexity index is 1890. The van der Waals surface area contributed by atoms with Gasteiger partial charge in [-0.15, -0.1) is 0 Å². The average Bonchev–Trinajstić information content (AvgIpc) is 3.44. The van der Waals surface area contributed by atoms with Gasteiger partial charge in [-0.25, -0.2) is 0 Å². The van der Waals surface area contributed by atoms with Crippen LogP contribution in [0.4, 0.5) is 0 Å². The van der Waals surface area contributed by atoms with Crippen LogP contribution in [0.3, 0.4) is 0 Å². The van der Waals surface area contributed by atoms with Gasteiger partial charge in [-0.05, 0) is 56.6 Å². The number of ketones is 1. The van der Waals surface area contributed by atoms with Crippen molar-refractivity contribution in [3.05, 3.63) is 184 Å². The van der Waals surface area contributed by atoms with E-state index in [2.05, 4.69) is 122 Å². The maximum Gasteiger partial charge on any atom is 0.194 e. The first kappa shape index (κ1) is 24.3. The van der Waals surface area contributed by atoms with Crippen LogP contribution in [0, 0.1) is 5.92 Å². The molecule has 8 rings (SSSR count). The Morgan fingerprint density at radius 2 is 1.24 bits per heavy atom. The first-order chi connectivity index (χ1) is 20.0. The summed E-state index contributed by atoms with van der Waals surface area (Å²) in [5, 5.41) is 0.736. The molecule has 3 aliphatic carbocycles. The molecule has 196 valence electrons. The lowest BCUT2D eigenvalue weighted by atomic mass is 9.59. The minimum Gasteiger partial charge on any atom is -0.289 e. The summed E-state index contributed by atoms with van der Waals surface area (Å²) in [4.78, 5) is 13.8. The summed E-state index contributed by atoms with van der Waals surface area (Å²) in [6.07, 6.45) is 7.02. The van der Waals surface area contributed by atoms with Crippen LogP contribution in [-0.4, -0.2) is 5.78 Å². The van der Waals surface area contributed by atoms with Gasteiger partial charge in [-0.3, -0.25) is 4.79 Å². The number of halogens is 1. The second-order valence-corrected chi connectivity index (χ2v) is 12.0. The molecule has 0 spiro atoms. The Morgan fingerprint density at radius 3 is 1.95 bits per heavy atom. The number of rotatable bonds is 3. The number of allylic oxidation sites excluding steroid dienone is 4. The molecule has 1 nitrogen and oxygen atoms in total. The van der Waals surface area contributed by atoms with Crippen molar-refractivity contribution >= 4 is 23.0 Å². The molecule has 5 aromatic carbocycles. The second kappa shape index (κ2) is 8.77. The molecule has 0 saturated carbocycles. The van der Waals surface area contributed by atoms with Gasteiger partial charge in [-0.2, -0.15) is 0 Å². The third-order valence-electron chi connectivity index (χ3n) is 9.58. The average molecular weight is 547 g/mol. The third kappa shape index (κ3) is 3.21. The number of carbonyl (C=O) groups is 1. The number of carbonyl (C=O) groups excluding carboxylic acids is 1. The molecular formula is C39H27ClO. The second-order valence-electron chi connectivity index (χ2n) is 11.5. The number of benzene rings is 5. The molecule has 41 heavy (non-hydrogen) atoms. The van der Waals surface area contributed by atoms with Crippen LogP contribution in [0.5, 0.6) is 0 Å². The summed E-state index contributed by atoms with van der Waals surface area (Å²) in [5.41, 5.74) is 9.93. The molecule has 2 atom stereocenters. The van der Waals surface area contributed by atoms with Crippen LogP contribution >= 0.6 is 11.6 Å². The number of fused-ring (bicyclic) bond motifs is 6. The van der Waals surface area contributed by atoms with Crippen LogP contribution in [0.1, 0.15) is 50.7 Å². The van der Waals surface area contributed by atoms with Gasteiger partial charge in [0.05, 0.1) is 5.41 Å². The third-order valence-corrected chi connectivity index (χ3v) is 9.81. The first-order valence-corrected chi connectivity index (χ1v) is 14.5. The van der Waals surface area contributed by atoms with Crippen LogP contribution in [0.25, 0.3) is 16.7 Å². The maximum atomic E-state index is 13.8. The highest BCUT2D eigenvalue weighted by Crippen LogP contribution is 2.63. The van der Waals surface area contributed by atoms with E-state index in [-0.39, 0.29) is 17.1 Å². The normalized spacial score (nSPS) is 21.1. The van der Waals surface area contributed by atoms with Crippen molar-refractivity contribution in [3.63, 3.8) is 0 Å². The smallest absolute Gasteiger partial charge is 0.194 e. The zero-order valence-electron chi connectivity index (χ0n) is 22.6. The fraction of sp³-hybridized carbons (Fsp3) is 0.103. The van der Waals surface area contributed by atoms with E-state index in [1.807, 2.05) is 24.3 Å². The lowest BCUT2D eigenvalue weighted by Crippen LogP contribution is -2.40. The topological polar surface area (TPSA) is 17.1 Å². The molecule has 5 aromatic rings. The van der Waals surface area contributed by atoms with Crippen molar-refractivity contribution < 1.29 is 4.79 Å². The lowest BCUT2D eigenvalue weighted by molar-refractivity contribution is 0.104. The molecule has 0 aromatic heterocycles. The van der Waals surface area contributed by atoms with E-state index in [4.69, 9.17) is 11.6 Å². The molecular weight excluding hydrogens is 520 g/mol. The molecule has 2 unspecified atom stereocenters. The van der Waals surface area contributed by atoms with Gasteiger partial charge in [-0.1, -0.05) is 146 Å². The van der Waals surface area contributed by atoms with E-state index >= 15 is 0 Å². The summed E-state index contributed by atoms with van der Waals surface area (Å²) >= 11 is 6.75. The largest absolute Gasteiger partial charge is 0.289 e. The Kier molecular flexibility index (Phi) is 5.21. The van der Waals surface area contributed by atoms with Crippen LogP contribution < -0.4 is 0 Å². The van der Waals surface area contributed by atoms with E-state index in [0.717, 1.165) is 38.4 Å². The molecule has 0 bridgehead atoms. The van der Waals surface area contributed by atoms with E-state index in [9.17, 15) is 4.79 Å². The monoisotopic (exact) mass is 546 g/mol. The molecule has 2 heteroatoms. The molecule has 0 saturated heterocycles. The highest BCUT2D eigenvalue weighted by Gasteiger charge is 2.58. The molecule has 3 aliphatic rings. The van der Waals surface area contributed by atoms with Gasteiger partial charge in [0.25, 0.3) is 0 Å². The minimum atomic E-state index is -0.474. The Labute approximate surface area is 245 Å². The molecule has 0 N–H and O–H groups in total. The van der Waals surface area contributed by atoms with Crippen LogP contribution in [0.15, 0.2) is 140 Å². The van der Waals surface area contributed by atoms with Crippen LogP contribution in [-0.2, 0) is 10.8 Å². The van der Waals surface area contributed by atoms with E-state index in [1.54, 1.807) is 0 Å². The van der Waals surface area contributed by atoms with Crippen molar-refractivity contribution in [3.8, 4) is 11.1 Å². The first-order valence-electron chi connectivity index (χ1n) is 14.1. The SMILES string of the molecule is CC12C=CC(c3cccc4c3C(=O)c3ccccc3-4)=CC1C(c1ccccc1)(c1ccccc1)c1cc(Cl)ccc12. The van der Waals surface area contributed by atoms with Gasteiger partial charge in [0.2, 0.25) is 0 Å². The zero-order chi connectivity index (χ0) is 27.8. The van der Waals surface area contributed by atoms with E-state index < -0.39 is 5.41 Å². The predicted octanol–water partition coefficient (Wildman–Crippen LogP) is 9.43. The maximum absolute atomic E-state index is 13.8. The summed E-state index contributed by atoms with van der Waals surface area (Å²) in [6, 6.07) is 42.3. The number of hydrogen-bond donors (Lipinski definition) is 0. The van der Waals surface area contributed by atoms with E-state index in [1.165, 1.54) is 22.3 Å². The van der Waals surface area contributed by atoms with Crippen molar-refractivity contribution in [1.82, 2.24) is 0 Å². The summed E-state index contributed by atoms with van der Waals surface area (Å²) in [5.74, 6) is 0.149. The Balaban J connectivity index is 1.42. The molecule has 0 radical (unpaired) electrons. The molecule has 0 aliphatic heterocycles. The highest BCUT2D eigenvalue weighted by molar-refractivity contribution is 6.30. The lowest BCUT2D eigenvalue weighted by Gasteiger charge is -2.43. The fourth-order valence-electron chi connectivity index (χ4n) is 7.82. The Hall–Kier alpha value is -4.46. The molecule has 0 heterocycles. The summed E-state index contributed by atoms with van der Waals surface area (Å²) < 4.78 is 0. The predicted molar refractivity (Wildman–Crippen MR) is 167 cm³/mol. The highest BCUT2D eigenvalue weighted by atomic mass is 35.5. The quantitative estimate of drug-likeness (QED) is 0.216. The van der Waals surface area contributed by atoms with Gasteiger partial charge in [0, 0.05) is 27.5 Å². The van der Waals surface area contributed by atoms with Crippen molar-refractivity contribution in [2.45, 2.75) is 17.8 Å². The minimum absolute atomic E-state index is 0.0444. The van der Waals surface area contributed by atoms with Crippen molar-refractivity contribution in [2.24, 2.45) is 5.92 Å². The van der Waals surface area contributed by atoms with Gasteiger partial charge < -0.3 is 0 Å². The van der Waals surface area contributed by atoms with Crippen LogP contribution in [0.2, 0.25) is 5.02 Å². The van der Waals surface area contributed by atoms with Gasteiger partial charge in [0.15, 0.2) is 5.78 Å². The van der Waals surface area contributed by atoms with Gasteiger partial charge in [0.1, 0.15) is 0 Å². The van der Waals surface area contributed by atoms with Crippen molar-refractivity contribution in [2.75, 3.05) is 0 Å². The van der Waals surface area contributed by atoms with Gasteiger partial charge >= 0.3 is 0 Å². The standard InChI is InChI=1S/C39H27ClO/c1-38-22-21-25(29-17-10-18-31-30-15-8-9-16-32(30)37(41)36(29)31)23-35(38)39(26-11-4-2-5-12-26,27-13-6-3-7-14-27)34-24-28(40)19-20-33(34)38/h2-24,35H,1H3. The Morgan fingerprint density at radius 1 is 0.634 bits per heavy atom. The summed E-state index contributed by atoms with van der Waals surface area (Å²) in [7, 11) is 0. The zero-order valence-corrected chi connectivity index (χ0v) is 23.4. The fourth-order valence-corrected chi connectivity index (χ4v) is 7.99. The van der Waals surface area contributed by atoms with Crippen molar-refractivity contribution in [1.29, 1.82) is 0 Å². The molecule has 0 amide bonds. The summed E-state index contributed by atoms with van der Waals surface area (Å²) in [6.45, 7) is 2.35. The molecule has 0 fully saturated rings. The number of hydrogen-bond acceptors (Lipinski definition) is 1. The van der Waals surface area contributed by atoms with E-state index in [0.29, 0.717) is 0 Å².